The number of carbonyl (C=O) groups is 2. The number of hydrogen-bond donors (Lipinski definition) is 2. The Morgan fingerprint density at radius 2 is 2.00 bits per heavy atom. The molecule has 0 saturated heterocycles. The number of carbonyl (C=O) groups excluding carboxylic acids is 2. The first-order chi connectivity index (χ1) is 9.52. The predicted octanol–water partition coefficient (Wildman–Crippen LogP) is 2.18. The molecule has 2 amide bonds. The van der Waals surface area contributed by atoms with Crippen molar-refractivity contribution in [2.24, 2.45) is 11.8 Å². The summed E-state index contributed by atoms with van der Waals surface area (Å²) in [6, 6.07) is 5.89. The van der Waals surface area contributed by atoms with Gasteiger partial charge in [0, 0.05) is 12.2 Å². The second kappa shape index (κ2) is 5.90. The van der Waals surface area contributed by atoms with Crippen LogP contribution in [0.4, 0.5) is 5.69 Å². The van der Waals surface area contributed by atoms with Crippen molar-refractivity contribution in [3.8, 4) is 0 Å². The SMILES string of the molecule is C=CCNC(=O)C1CC1C(=O)Nc1ccc(C)cc1C. The Bertz CT molecular complexity index is 551. The summed E-state index contributed by atoms with van der Waals surface area (Å²) in [6.07, 6.45) is 2.25. The van der Waals surface area contributed by atoms with Gasteiger partial charge < -0.3 is 10.6 Å². The monoisotopic (exact) mass is 272 g/mol. The molecule has 4 heteroatoms. The van der Waals surface area contributed by atoms with Crippen LogP contribution in [0.5, 0.6) is 0 Å². The summed E-state index contributed by atoms with van der Waals surface area (Å²) in [5, 5.41) is 5.63. The fourth-order valence-corrected chi connectivity index (χ4v) is 2.26. The largest absolute Gasteiger partial charge is 0.352 e. The van der Waals surface area contributed by atoms with Crippen LogP contribution in [0.1, 0.15) is 17.5 Å². The molecule has 2 N–H and O–H groups in total. The topological polar surface area (TPSA) is 58.2 Å². The van der Waals surface area contributed by atoms with E-state index in [0.717, 1.165) is 16.8 Å². The lowest BCUT2D eigenvalue weighted by molar-refractivity contribution is -0.125. The van der Waals surface area contributed by atoms with E-state index in [1.165, 1.54) is 0 Å². The molecule has 0 bridgehead atoms. The first kappa shape index (κ1) is 14.3. The van der Waals surface area contributed by atoms with Crippen LogP contribution in [-0.2, 0) is 9.59 Å². The van der Waals surface area contributed by atoms with E-state index in [9.17, 15) is 9.59 Å². The molecule has 1 aliphatic carbocycles. The molecule has 0 heterocycles. The number of hydrogen-bond acceptors (Lipinski definition) is 2. The van der Waals surface area contributed by atoms with Crippen LogP contribution in [0.2, 0.25) is 0 Å². The Hall–Kier alpha value is -2.10. The summed E-state index contributed by atoms with van der Waals surface area (Å²) >= 11 is 0. The van der Waals surface area contributed by atoms with Crippen LogP contribution in [0, 0.1) is 25.7 Å². The number of benzene rings is 1. The maximum absolute atomic E-state index is 12.1. The zero-order valence-electron chi connectivity index (χ0n) is 11.9. The Kier molecular flexibility index (Phi) is 4.23. The van der Waals surface area contributed by atoms with E-state index >= 15 is 0 Å². The molecule has 20 heavy (non-hydrogen) atoms. The molecule has 0 aromatic heterocycles. The van der Waals surface area contributed by atoms with Gasteiger partial charge in [-0.05, 0) is 31.9 Å². The van der Waals surface area contributed by atoms with Crippen LogP contribution in [0.3, 0.4) is 0 Å². The van der Waals surface area contributed by atoms with Crippen LogP contribution in [0.15, 0.2) is 30.9 Å². The van der Waals surface area contributed by atoms with Gasteiger partial charge in [-0.3, -0.25) is 9.59 Å². The number of anilines is 1. The summed E-state index contributed by atoms with van der Waals surface area (Å²) in [7, 11) is 0. The Morgan fingerprint density at radius 3 is 2.65 bits per heavy atom. The molecule has 1 saturated carbocycles. The van der Waals surface area contributed by atoms with E-state index in [2.05, 4.69) is 17.2 Å². The zero-order chi connectivity index (χ0) is 14.7. The second-order valence-electron chi connectivity index (χ2n) is 5.29. The quantitative estimate of drug-likeness (QED) is 0.807. The molecule has 2 atom stereocenters. The van der Waals surface area contributed by atoms with Crippen molar-refractivity contribution < 1.29 is 9.59 Å². The molecule has 2 unspecified atom stereocenters. The van der Waals surface area contributed by atoms with Crippen LogP contribution < -0.4 is 10.6 Å². The number of aryl methyl sites for hydroxylation is 2. The molecule has 1 fully saturated rings. The Morgan fingerprint density at radius 1 is 1.30 bits per heavy atom. The lowest BCUT2D eigenvalue weighted by atomic mass is 10.1. The maximum atomic E-state index is 12.1. The Balaban J connectivity index is 1.91. The molecular weight excluding hydrogens is 252 g/mol. The molecule has 1 aromatic rings. The molecule has 106 valence electrons. The van der Waals surface area contributed by atoms with E-state index in [-0.39, 0.29) is 23.7 Å². The van der Waals surface area contributed by atoms with E-state index in [4.69, 9.17) is 0 Å². The lowest BCUT2D eigenvalue weighted by Crippen LogP contribution is -2.27. The molecule has 0 aliphatic heterocycles. The summed E-state index contributed by atoms with van der Waals surface area (Å²) in [4.78, 5) is 23.8. The highest BCUT2D eigenvalue weighted by Crippen LogP contribution is 2.39. The zero-order valence-corrected chi connectivity index (χ0v) is 11.9. The fraction of sp³-hybridized carbons (Fsp3) is 0.375. The van der Waals surface area contributed by atoms with E-state index in [1.54, 1.807) is 6.08 Å². The van der Waals surface area contributed by atoms with Gasteiger partial charge >= 0.3 is 0 Å². The van der Waals surface area contributed by atoms with Gasteiger partial charge in [0.1, 0.15) is 0 Å². The standard InChI is InChI=1S/C16H20N2O2/c1-4-7-17-15(19)12-9-13(12)16(20)18-14-6-5-10(2)8-11(14)3/h4-6,8,12-13H,1,7,9H2,2-3H3,(H,17,19)(H,18,20). The Labute approximate surface area is 119 Å². The smallest absolute Gasteiger partial charge is 0.228 e. The normalized spacial score (nSPS) is 20.1. The van der Waals surface area contributed by atoms with Crippen molar-refractivity contribution in [3.05, 3.63) is 42.0 Å². The lowest BCUT2D eigenvalue weighted by Gasteiger charge is -2.09. The molecule has 1 aromatic carbocycles. The van der Waals surface area contributed by atoms with Gasteiger partial charge in [0.25, 0.3) is 0 Å². The number of nitrogens with one attached hydrogen (secondary N) is 2. The fourth-order valence-electron chi connectivity index (χ4n) is 2.26. The molecule has 0 radical (unpaired) electrons. The van der Waals surface area contributed by atoms with Gasteiger partial charge in [-0.2, -0.15) is 0 Å². The minimum atomic E-state index is -0.208. The van der Waals surface area contributed by atoms with Crippen LogP contribution >= 0.6 is 0 Å². The average Bonchev–Trinajstić information content (AvgIpc) is 3.19. The summed E-state index contributed by atoms with van der Waals surface area (Å²) in [6.45, 7) is 7.97. The maximum Gasteiger partial charge on any atom is 0.228 e. The van der Waals surface area contributed by atoms with Crippen molar-refractivity contribution >= 4 is 17.5 Å². The minimum Gasteiger partial charge on any atom is -0.352 e. The van der Waals surface area contributed by atoms with Gasteiger partial charge in [-0.1, -0.05) is 23.8 Å². The average molecular weight is 272 g/mol. The van der Waals surface area contributed by atoms with Gasteiger partial charge in [-0.25, -0.2) is 0 Å². The van der Waals surface area contributed by atoms with E-state index in [1.807, 2.05) is 32.0 Å². The highest BCUT2D eigenvalue weighted by Gasteiger charge is 2.47. The van der Waals surface area contributed by atoms with Crippen molar-refractivity contribution in [2.45, 2.75) is 20.3 Å². The van der Waals surface area contributed by atoms with Crippen molar-refractivity contribution in [3.63, 3.8) is 0 Å². The molecule has 4 nitrogen and oxygen atoms in total. The number of rotatable bonds is 5. The third kappa shape index (κ3) is 3.26. The first-order valence-electron chi connectivity index (χ1n) is 6.79. The third-order valence-electron chi connectivity index (χ3n) is 3.52. The van der Waals surface area contributed by atoms with Gasteiger partial charge in [-0.15, -0.1) is 6.58 Å². The molecular formula is C16H20N2O2. The second-order valence-corrected chi connectivity index (χ2v) is 5.29. The molecule has 2 rings (SSSR count). The number of amides is 2. The highest BCUT2D eigenvalue weighted by molar-refractivity contribution is 5.99. The van der Waals surface area contributed by atoms with Crippen molar-refractivity contribution in [1.29, 1.82) is 0 Å². The van der Waals surface area contributed by atoms with Crippen molar-refractivity contribution in [1.82, 2.24) is 5.32 Å². The summed E-state index contributed by atoms with van der Waals surface area (Å²) in [5.74, 6) is -0.539. The van der Waals surface area contributed by atoms with Crippen molar-refractivity contribution in [2.75, 3.05) is 11.9 Å². The van der Waals surface area contributed by atoms with Crippen LogP contribution in [-0.4, -0.2) is 18.4 Å². The van der Waals surface area contributed by atoms with Crippen LogP contribution in [0.25, 0.3) is 0 Å². The van der Waals surface area contributed by atoms with E-state index in [0.29, 0.717) is 13.0 Å². The molecule has 1 aliphatic rings. The van der Waals surface area contributed by atoms with Gasteiger partial charge in [0.15, 0.2) is 0 Å². The third-order valence-corrected chi connectivity index (χ3v) is 3.52. The van der Waals surface area contributed by atoms with Gasteiger partial charge in [0.05, 0.1) is 11.8 Å². The first-order valence-corrected chi connectivity index (χ1v) is 6.79. The molecule has 0 spiro atoms. The van der Waals surface area contributed by atoms with E-state index < -0.39 is 0 Å². The highest BCUT2D eigenvalue weighted by atomic mass is 16.2. The minimum absolute atomic E-state index is 0.0642. The van der Waals surface area contributed by atoms with Gasteiger partial charge in [0.2, 0.25) is 11.8 Å². The summed E-state index contributed by atoms with van der Waals surface area (Å²) in [5.41, 5.74) is 3.01. The predicted molar refractivity (Wildman–Crippen MR) is 79.3 cm³/mol. The summed E-state index contributed by atoms with van der Waals surface area (Å²) < 4.78 is 0.